The fourth-order valence-electron chi connectivity index (χ4n) is 1.24. The molecular formula is C7H10N2OS. The molecule has 1 atom stereocenters. The van der Waals surface area contributed by atoms with E-state index in [9.17, 15) is 4.79 Å². The van der Waals surface area contributed by atoms with Gasteiger partial charge >= 0.3 is 0 Å². The van der Waals surface area contributed by atoms with Crippen molar-refractivity contribution in [1.29, 1.82) is 0 Å². The highest BCUT2D eigenvalue weighted by Crippen LogP contribution is 2.34. The molecule has 2 aliphatic heterocycles. The highest BCUT2D eigenvalue weighted by Gasteiger charge is 2.37. The smallest absolute Gasteiger partial charge is 0.230 e. The molecule has 2 rings (SSSR count). The van der Waals surface area contributed by atoms with E-state index in [0.717, 1.165) is 5.75 Å². The van der Waals surface area contributed by atoms with Crippen LogP contribution in [0.1, 0.15) is 6.42 Å². The maximum atomic E-state index is 11.0. The number of nitrogens with zero attached hydrogens (tertiary/aromatic N) is 1. The largest absolute Gasteiger partial charge is 0.327 e. The van der Waals surface area contributed by atoms with Crippen LogP contribution in [-0.2, 0) is 4.79 Å². The van der Waals surface area contributed by atoms with Crippen molar-refractivity contribution in [2.24, 2.45) is 5.73 Å². The molecule has 0 aromatic rings. The van der Waals surface area contributed by atoms with Crippen molar-refractivity contribution in [3.05, 3.63) is 11.8 Å². The standard InChI is InChI=1S/C7H10N2OS/c8-2-5-3-9-6(10)1-7(9)11-4-5/h3,7H,1-2,4,8H2/t7-/m1/s1. The van der Waals surface area contributed by atoms with Crippen LogP contribution in [-0.4, -0.2) is 28.5 Å². The maximum absolute atomic E-state index is 11.0. The Morgan fingerprint density at radius 2 is 2.64 bits per heavy atom. The number of rotatable bonds is 1. The van der Waals surface area contributed by atoms with Crippen molar-refractivity contribution in [2.45, 2.75) is 11.8 Å². The van der Waals surface area contributed by atoms with Gasteiger partial charge in [-0.2, -0.15) is 0 Å². The highest BCUT2D eigenvalue weighted by atomic mass is 32.2. The van der Waals surface area contributed by atoms with Gasteiger partial charge in [-0.05, 0) is 5.57 Å². The number of carbonyl (C=O) groups is 1. The monoisotopic (exact) mass is 170 g/mol. The number of nitrogens with two attached hydrogens (primary N) is 1. The Labute approximate surface area is 69.6 Å². The average Bonchev–Trinajstić information content (AvgIpc) is 2.03. The Bertz CT molecular complexity index is 226. The summed E-state index contributed by atoms with van der Waals surface area (Å²) in [5.41, 5.74) is 6.63. The summed E-state index contributed by atoms with van der Waals surface area (Å²) in [7, 11) is 0. The number of hydrogen-bond donors (Lipinski definition) is 1. The van der Waals surface area contributed by atoms with Gasteiger partial charge in [-0.3, -0.25) is 4.79 Å². The number of fused-ring (bicyclic) bond motifs is 1. The Balaban J connectivity index is 2.13. The van der Waals surface area contributed by atoms with Crippen LogP contribution in [0.4, 0.5) is 0 Å². The molecule has 0 bridgehead atoms. The molecular weight excluding hydrogens is 160 g/mol. The molecule has 2 heterocycles. The van der Waals surface area contributed by atoms with Crippen LogP contribution >= 0.6 is 11.8 Å². The molecule has 1 saturated heterocycles. The van der Waals surface area contributed by atoms with Gasteiger partial charge in [0.25, 0.3) is 0 Å². The minimum atomic E-state index is 0.230. The van der Waals surface area contributed by atoms with Crippen LogP contribution in [0, 0.1) is 0 Å². The van der Waals surface area contributed by atoms with Gasteiger partial charge in [0.1, 0.15) is 0 Å². The van der Waals surface area contributed by atoms with Crippen LogP contribution in [0.2, 0.25) is 0 Å². The van der Waals surface area contributed by atoms with Gasteiger partial charge in [-0.25, -0.2) is 0 Å². The van der Waals surface area contributed by atoms with Crippen LogP contribution in [0.3, 0.4) is 0 Å². The molecule has 0 saturated carbocycles. The Hall–Kier alpha value is -0.480. The maximum Gasteiger partial charge on any atom is 0.230 e. The van der Waals surface area contributed by atoms with E-state index in [2.05, 4.69) is 0 Å². The number of thioether (sulfide) groups is 1. The first-order valence-electron chi connectivity index (χ1n) is 3.63. The van der Waals surface area contributed by atoms with Crippen LogP contribution in [0.25, 0.3) is 0 Å². The Morgan fingerprint density at radius 3 is 3.27 bits per heavy atom. The van der Waals surface area contributed by atoms with Gasteiger partial charge in [-0.15, -0.1) is 11.8 Å². The van der Waals surface area contributed by atoms with Gasteiger partial charge in [0.15, 0.2) is 0 Å². The number of carbonyl (C=O) groups excluding carboxylic acids is 1. The third-order valence-corrected chi connectivity index (χ3v) is 3.31. The molecule has 1 fully saturated rings. The zero-order valence-electron chi connectivity index (χ0n) is 6.12. The molecule has 0 aromatic heterocycles. The summed E-state index contributed by atoms with van der Waals surface area (Å²) < 4.78 is 0. The first kappa shape index (κ1) is 7.18. The quantitative estimate of drug-likeness (QED) is 0.569. The average molecular weight is 170 g/mol. The van der Waals surface area contributed by atoms with Gasteiger partial charge < -0.3 is 10.6 Å². The molecule has 1 amide bonds. The Kier molecular flexibility index (Phi) is 1.65. The minimum absolute atomic E-state index is 0.230. The molecule has 2 N–H and O–H groups in total. The molecule has 0 aromatic carbocycles. The highest BCUT2D eigenvalue weighted by molar-refractivity contribution is 8.00. The summed E-state index contributed by atoms with van der Waals surface area (Å²) in [6.45, 7) is 0.573. The van der Waals surface area contributed by atoms with Crippen molar-refractivity contribution in [2.75, 3.05) is 12.3 Å². The number of amides is 1. The fourth-order valence-corrected chi connectivity index (χ4v) is 2.44. The molecule has 11 heavy (non-hydrogen) atoms. The fraction of sp³-hybridized carbons (Fsp3) is 0.571. The zero-order chi connectivity index (χ0) is 7.84. The van der Waals surface area contributed by atoms with Crippen molar-refractivity contribution in [3.63, 3.8) is 0 Å². The second-order valence-electron chi connectivity index (χ2n) is 2.76. The first-order valence-corrected chi connectivity index (χ1v) is 4.68. The van der Waals surface area contributed by atoms with Gasteiger partial charge in [0.2, 0.25) is 5.91 Å². The van der Waals surface area contributed by atoms with Crippen molar-refractivity contribution < 1.29 is 4.79 Å². The molecule has 4 heteroatoms. The van der Waals surface area contributed by atoms with E-state index >= 15 is 0 Å². The van der Waals surface area contributed by atoms with E-state index in [0.29, 0.717) is 18.3 Å². The summed E-state index contributed by atoms with van der Waals surface area (Å²) >= 11 is 1.81. The van der Waals surface area contributed by atoms with Gasteiger partial charge in [-0.1, -0.05) is 0 Å². The third kappa shape index (κ3) is 1.06. The summed E-state index contributed by atoms with van der Waals surface area (Å²) in [6.07, 6.45) is 2.62. The minimum Gasteiger partial charge on any atom is -0.327 e. The van der Waals surface area contributed by atoms with Crippen molar-refractivity contribution in [3.8, 4) is 0 Å². The molecule has 0 spiro atoms. The predicted octanol–water partition coefficient (Wildman–Crippen LogP) is 0.134. The number of hydrogen-bond acceptors (Lipinski definition) is 3. The third-order valence-electron chi connectivity index (χ3n) is 1.99. The van der Waals surface area contributed by atoms with Crippen molar-refractivity contribution >= 4 is 17.7 Å². The topological polar surface area (TPSA) is 46.3 Å². The second-order valence-corrected chi connectivity index (χ2v) is 3.93. The SMILES string of the molecule is NCC1=CN2C(=O)C[C@H]2SC1. The lowest BCUT2D eigenvalue weighted by molar-refractivity contribution is -0.137. The molecule has 0 radical (unpaired) electrons. The molecule has 3 nitrogen and oxygen atoms in total. The van der Waals surface area contributed by atoms with Crippen LogP contribution in [0.5, 0.6) is 0 Å². The summed E-state index contributed by atoms with van der Waals surface area (Å²) in [6, 6.07) is 0. The van der Waals surface area contributed by atoms with Crippen LogP contribution in [0.15, 0.2) is 11.8 Å². The number of β-lactam (4-membered cyclic amide) rings is 1. The van der Waals surface area contributed by atoms with E-state index < -0.39 is 0 Å². The molecule has 2 aliphatic rings. The first-order chi connectivity index (χ1) is 5.31. The van der Waals surface area contributed by atoms with E-state index in [1.807, 2.05) is 6.20 Å². The normalized spacial score (nSPS) is 29.2. The van der Waals surface area contributed by atoms with E-state index in [1.165, 1.54) is 5.57 Å². The van der Waals surface area contributed by atoms with Gasteiger partial charge in [0, 0.05) is 18.5 Å². The lowest BCUT2D eigenvalue weighted by atomic mass is 10.2. The van der Waals surface area contributed by atoms with E-state index in [4.69, 9.17) is 5.73 Å². The van der Waals surface area contributed by atoms with Gasteiger partial charge in [0.05, 0.1) is 11.8 Å². The molecule has 60 valence electrons. The van der Waals surface area contributed by atoms with Crippen LogP contribution < -0.4 is 5.73 Å². The van der Waals surface area contributed by atoms with E-state index in [-0.39, 0.29) is 5.91 Å². The lowest BCUT2D eigenvalue weighted by Gasteiger charge is -2.40. The molecule has 0 aliphatic carbocycles. The summed E-state index contributed by atoms with van der Waals surface area (Å²) in [5, 5.41) is 0.415. The van der Waals surface area contributed by atoms with Crippen molar-refractivity contribution in [1.82, 2.24) is 4.90 Å². The van der Waals surface area contributed by atoms with E-state index in [1.54, 1.807) is 16.7 Å². The molecule has 0 unspecified atom stereocenters. The second kappa shape index (κ2) is 2.53. The lowest BCUT2D eigenvalue weighted by Crippen LogP contribution is -2.49. The predicted molar refractivity (Wildman–Crippen MR) is 44.8 cm³/mol. The summed E-state index contributed by atoms with van der Waals surface area (Å²) in [5.74, 6) is 1.22. The summed E-state index contributed by atoms with van der Waals surface area (Å²) in [4.78, 5) is 12.7. The Morgan fingerprint density at radius 1 is 1.82 bits per heavy atom. The zero-order valence-corrected chi connectivity index (χ0v) is 6.93.